The Morgan fingerprint density at radius 2 is 1.88 bits per heavy atom. The SMILES string of the molecule is COCc1ccccc1NC(N)=NCC(C(C)C)N1CCCCCC1. The van der Waals surface area contributed by atoms with E-state index in [0.717, 1.165) is 17.8 Å². The largest absolute Gasteiger partial charge is 0.380 e. The molecule has 0 saturated carbocycles. The van der Waals surface area contributed by atoms with Crippen molar-refractivity contribution in [2.24, 2.45) is 16.6 Å². The van der Waals surface area contributed by atoms with Crippen LogP contribution in [-0.4, -0.2) is 43.6 Å². The van der Waals surface area contributed by atoms with Crippen molar-refractivity contribution in [3.05, 3.63) is 29.8 Å². The quantitative estimate of drug-likeness (QED) is 0.586. The molecule has 1 saturated heterocycles. The number of rotatable bonds is 7. The zero-order chi connectivity index (χ0) is 18.1. The normalized spacial score (nSPS) is 18.2. The maximum absolute atomic E-state index is 6.16. The monoisotopic (exact) mass is 346 g/mol. The second-order valence-corrected chi connectivity index (χ2v) is 7.20. The molecular formula is C20H34N4O. The topological polar surface area (TPSA) is 62.9 Å². The number of nitrogens with zero attached hydrogens (tertiary/aromatic N) is 2. The third-order valence-corrected chi connectivity index (χ3v) is 4.91. The molecule has 0 bridgehead atoms. The first-order valence-corrected chi connectivity index (χ1v) is 9.49. The van der Waals surface area contributed by atoms with Crippen LogP contribution >= 0.6 is 0 Å². The van der Waals surface area contributed by atoms with Gasteiger partial charge >= 0.3 is 0 Å². The van der Waals surface area contributed by atoms with Gasteiger partial charge in [0.25, 0.3) is 0 Å². The van der Waals surface area contributed by atoms with Gasteiger partial charge in [0.1, 0.15) is 0 Å². The van der Waals surface area contributed by atoms with Crippen molar-refractivity contribution in [2.45, 2.75) is 52.2 Å². The van der Waals surface area contributed by atoms with Crippen LogP contribution < -0.4 is 11.1 Å². The molecule has 0 aromatic heterocycles. The molecule has 1 aromatic carbocycles. The lowest BCUT2D eigenvalue weighted by molar-refractivity contribution is 0.166. The van der Waals surface area contributed by atoms with Gasteiger partial charge < -0.3 is 15.8 Å². The summed E-state index contributed by atoms with van der Waals surface area (Å²) in [5, 5.41) is 3.23. The number of benzene rings is 1. The Balaban J connectivity index is 2.00. The van der Waals surface area contributed by atoms with Gasteiger partial charge in [0, 0.05) is 24.4 Å². The van der Waals surface area contributed by atoms with E-state index < -0.39 is 0 Å². The predicted octanol–water partition coefficient (Wildman–Crippen LogP) is 3.46. The van der Waals surface area contributed by atoms with Crippen LogP contribution in [0.5, 0.6) is 0 Å². The second kappa shape index (κ2) is 10.4. The van der Waals surface area contributed by atoms with E-state index in [1.807, 2.05) is 24.3 Å². The number of nitrogens with one attached hydrogen (secondary N) is 1. The van der Waals surface area contributed by atoms with E-state index in [9.17, 15) is 0 Å². The molecule has 1 aliphatic rings. The lowest BCUT2D eigenvalue weighted by Gasteiger charge is -2.32. The third-order valence-electron chi connectivity index (χ3n) is 4.91. The summed E-state index contributed by atoms with van der Waals surface area (Å²) in [5.41, 5.74) is 8.20. The number of likely N-dealkylation sites (tertiary alicyclic amines) is 1. The van der Waals surface area contributed by atoms with Gasteiger partial charge in [-0.25, -0.2) is 0 Å². The highest BCUT2D eigenvalue weighted by Gasteiger charge is 2.22. The molecule has 0 aliphatic carbocycles. The Labute approximate surface area is 152 Å². The Kier molecular flexibility index (Phi) is 8.22. The van der Waals surface area contributed by atoms with E-state index in [1.54, 1.807) is 7.11 Å². The first-order valence-electron chi connectivity index (χ1n) is 9.49. The summed E-state index contributed by atoms with van der Waals surface area (Å²) in [4.78, 5) is 7.25. The molecule has 140 valence electrons. The summed E-state index contributed by atoms with van der Waals surface area (Å²) >= 11 is 0. The molecular weight excluding hydrogens is 312 g/mol. The molecule has 25 heavy (non-hydrogen) atoms. The minimum absolute atomic E-state index is 0.452. The van der Waals surface area contributed by atoms with E-state index in [4.69, 9.17) is 10.5 Å². The number of nitrogens with two attached hydrogens (primary N) is 1. The number of methoxy groups -OCH3 is 1. The van der Waals surface area contributed by atoms with Gasteiger partial charge in [-0.2, -0.15) is 0 Å². The average Bonchev–Trinajstić information content (AvgIpc) is 2.86. The van der Waals surface area contributed by atoms with E-state index in [2.05, 4.69) is 29.1 Å². The zero-order valence-electron chi connectivity index (χ0n) is 16.0. The molecule has 0 spiro atoms. The van der Waals surface area contributed by atoms with Gasteiger partial charge in [-0.15, -0.1) is 0 Å². The smallest absolute Gasteiger partial charge is 0.193 e. The molecule has 1 atom stereocenters. The standard InChI is InChI=1S/C20H34N4O/c1-16(2)19(24-12-8-4-5-9-13-24)14-22-20(21)23-18-11-7-6-10-17(18)15-25-3/h6-7,10-11,16,19H,4-5,8-9,12-15H2,1-3H3,(H3,21,22,23). The molecule has 0 radical (unpaired) electrons. The zero-order valence-corrected chi connectivity index (χ0v) is 16.0. The molecule has 0 amide bonds. The van der Waals surface area contributed by atoms with Crippen molar-refractivity contribution in [3.8, 4) is 0 Å². The van der Waals surface area contributed by atoms with E-state index in [1.165, 1.54) is 38.8 Å². The highest BCUT2D eigenvalue weighted by molar-refractivity contribution is 5.92. The van der Waals surface area contributed by atoms with Gasteiger partial charge in [0.2, 0.25) is 0 Å². The molecule has 5 heteroatoms. The van der Waals surface area contributed by atoms with E-state index in [-0.39, 0.29) is 0 Å². The van der Waals surface area contributed by atoms with Gasteiger partial charge in [-0.1, -0.05) is 44.9 Å². The third kappa shape index (κ3) is 6.33. The first kappa shape index (κ1) is 19.7. The number of aliphatic imine (C=N–C) groups is 1. The molecule has 5 nitrogen and oxygen atoms in total. The number of ether oxygens (including phenoxy) is 1. The lowest BCUT2D eigenvalue weighted by atomic mass is 10.0. The second-order valence-electron chi connectivity index (χ2n) is 7.20. The molecule has 1 heterocycles. The maximum atomic E-state index is 6.16. The minimum atomic E-state index is 0.452. The fourth-order valence-electron chi connectivity index (χ4n) is 3.47. The molecule has 2 rings (SSSR count). The number of guanidine groups is 1. The summed E-state index contributed by atoms with van der Waals surface area (Å²) in [6.07, 6.45) is 5.30. The molecule has 1 aromatic rings. The van der Waals surface area contributed by atoms with E-state index in [0.29, 0.717) is 24.5 Å². The van der Waals surface area contributed by atoms with Gasteiger partial charge in [0.15, 0.2) is 5.96 Å². The Morgan fingerprint density at radius 1 is 1.20 bits per heavy atom. The molecule has 1 fully saturated rings. The van der Waals surface area contributed by atoms with Crippen LogP contribution in [0.15, 0.2) is 29.3 Å². The molecule has 3 N–H and O–H groups in total. The Morgan fingerprint density at radius 3 is 2.52 bits per heavy atom. The minimum Gasteiger partial charge on any atom is -0.380 e. The van der Waals surface area contributed by atoms with Crippen LogP contribution in [-0.2, 0) is 11.3 Å². The van der Waals surface area contributed by atoms with Crippen LogP contribution in [0.3, 0.4) is 0 Å². The van der Waals surface area contributed by atoms with Crippen LogP contribution in [0.2, 0.25) is 0 Å². The number of anilines is 1. The summed E-state index contributed by atoms with van der Waals surface area (Å²) in [5.74, 6) is 1.04. The van der Waals surface area contributed by atoms with Crippen LogP contribution in [0, 0.1) is 5.92 Å². The fraction of sp³-hybridized carbons (Fsp3) is 0.650. The molecule has 1 unspecified atom stereocenters. The predicted molar refractivity (Wildman–Crippen MR) is 106 cm³/mol. The molecule has 1 aliphatic heterocycles. The summed E-state index contributed by atoms with van der Waals surface area (Å²) in [7, 11) is 1.70. The highest BCUT2D eigenvalue weighted by atomic mass is 16.5. The maximum Gasteiger partial charge on any atom is 0.193 e. The van der Waals surface area contributed by atoms with Crippen molar-refractivity contribution in [2.75, 3.05) is 32.1 Å². The summed E-state index contributed by atoms with van der Waals surface area (Å²) in [6.45, 7) is 8.22. The first-order chi connectivity index (χ1) is 12.1. The number of para-hydroxylation sites is 1. The fourth-order valence-corrected chi connectivity index (χ4v) is 3.47. The van der Waals surface area contributed by atoms with Crippen molar-refractivity contribution in [1.29, 1.82) is 0 Å². The van der Waals surface area contributed by atoms with Crippen LogP contribution in [0.1, 0.15) is 45.1 Å². The van der Waals surface area contributed by atoms with Crippen molar-refractivity contribution in [1.82, 2.24) is 4.90 Å². The average molecular weight is 347 g/mol. The Bertz CT molecular complexity index is 536. The Hall–Kier alpha value is -1.59. The van der Waals surface area contributed by atoms with Crippen molar-refractivity contribution >= 4 is 11.6 Å². The van der Waals surface area contributed by atoms with Crippen molar-refractivity contribution < 1.29 is 4.74 Å². The lowest BCUT2D eigenvalue weighted by Crippen LogP contribution is -2.42. The summed E-state index contributed by atoms with van der Waals surface area (Å²) < 4.78 is 5.24. The van der Waals surface area contributed by atoms with Gasteiger partial charge in [0.05, 0.1) is 13.2 Å². The highest BCUT2D eigenvalue weighted by Crippen LogP contribution is 2.18. The van der Waals surface area contributed by atoms with Crippen LogP contribution in [0.4, 0.5) is 5.69 Å². The van der Waals surface area contributed by atoms with Gasteiger partial charge in [-0.05, 0) is 37.9 Å². The van der Waals surface area contributed by atoms with Gasteiger partial charge in [-0.3, -0.25) is 9.89 Å². The van der Waals surface area contributed by atoms with Crippen molar-refractivity contribution in [3.63, 3.8) is 0 Å². The van der Waals surface area contributed by atoms with Crippen LogP contribution in [0.25, 0.3) is 0 Å². The summed E-state index contributed by atoms with van der Waals surface area (Å²) in [6, 6.07) is 8.48. The number of hydrogen-bond donors (Lipinski definition) is 2. The van der Waals surface area contributed by atoms with E-state index >= 15 is 0 Å². The number of hydrogen-bond acceptors (Lipinski definition) is 3.